The van der Waals surface area contributed by atoms with E-state index in [0.29, 0.717) is 5.92 Å². The van der Waals surface area contributed by atoms with Gasteiger partial charge >= 0.3 is 0 Å². The highest BCUT2D eigenvalue weighted by Crippen LogP contribution is 2.44. The fraction of sp³-hybridized carbons (Fsp3) is 0.235. The second kappa shape index (κ2) is 8.76. The number of hydrogen-bond acceptors (Lipinski definition) is 0. The van der Waals surface area contributed by atoms with Crippen molar-refractivity contribution in [2.24, 2.45) is 0 Å². The normalized spacial score (nSPS) is 12.9. The lowest BCUT2D eigenvalue weighted by molar-refractivity contribution is 0.590. The van der Waals surface area contributed by atoms with E-state index >= 15 is 0 Å². The Hall–Kier alpha value is -3.38. The van der Waals surface area contributed by atoms with Gasteiger partial charge in [-0.15, -0.1) is 0 Å². The lowest BCUT2D eigenvalue weighted by Gasteiger charge is -2.22. The van der Waals surface area contributed by atoms with Crippen LogP contribution in [0.15, 0.2) is 97.1 Å². The second-order valence-electron chi connectivity index (χ2n) is 10.6. The van der Waals surface area contributed by atoms with Crippen LogP contribution in [0.2, 0.25) is 0 Å². The first-order chi connectivity index (χ1) is 16.4. The van der Waals surface area contributed by atoms with E-state index in [2.05, 4.69) is 132 Å². The summed E-state index contributed by atoms with van der Waals surface area (Å²) in [7, 11) is 0. The first-order valence-electron chi connectivity index (χ1n) is 12.5. The molecule has 0 saturated heterocycles. The summed E-state index contributed by atoms with van der Waals surface area (Å²) in [6, 6.07) is 36.2. The average Bonchev–Trinajstić information content (AvgIpc) is 2.86. The van der Waals surface area contributed by atoms with Crippen molar-refractivity contribution >= 4 is 21.5 Å². The Bertz CT molecular complexity index is 1410. The molecule has 0 N–H and O–H groups in total. The highest BCUT2D eigenvalue weighted by atomic mass is 14.2. The van der Waals surface area contributed by atoms with Crippen molar-refractivity contribution < 1.29 is 0 Å². The van der Waals surface area contributed by atoms with Crippen molar-refractivity contribution in [1.29, 1.82) is 0 Å². The molecule has 0 aliphatic rings. The predicted octanol–water partition coefficient (Wildman–Crippen LogP) is 10.1. The van der Waals surface area contributed by atoms with E-state index in [1.165, 1.54) is 54.9 Å². The quantitative estimate of drug-likeness (QED) is 0.243. The molecular formula is C34H34. The van der Waals surface area contributed by atoms with Gasteiger partial charge in [0, 0.05) is 0 Å². The molecule has 0 aliphatic carbocycles. The molecule has 0 saturated carbocycles. The molecule has 0 aromatic heterocycles. The van der Waals surface area contributed by atoms with Gasteiger partial charge in [-0.2, -0.15) is 0 Å². The van der Waals surface area contributed by atoms with Gasteiger partial charge in [-0.25, -0.2) is 0 Å². The minimum atomic E-state index is 0.110. The summed E-state index contributed by atoms with van der Waals surface area (Å²) in [6.07, 6.45) is 1.16. The molecule has 170 valence electrons. The van der Waals surface area contributed by atoms with Crippen molar-refractivity contribution in [3.8, 4) is 22.3 Å². The molecule has 5 aromatic rings. The summed E-state index contributed by atoms with van der Waals surface area (Å²) >= 11 is 0. The first kappa shape index (κ1) is 22.4. The maximum atomic E-state index is 2.38. The molecule has 0 aliphatic heterocycles. The molecule has 0 heterocycles. The molecule has 0 bridgehead atoms. The molecule has 5 rings (SSSR count). The van der Waals surface area contributed by atoms with Crippen molar-refractivity contribution in [3.63, 3.8) is 0 Å². The molecule has 0 spiro atoms. The fourth-order valence-corrected chi connectivity index (χ4v) is 5.11. The van der Waals surface area contributed by atoms with Crippen LogP contribution in [-0.2, 0) is 5.41 Å². The van der Waals surface area contributed by atoms with E-state index in [1.807, 2.05) is 0 Å². The third-order valence-corrected chi connectivity index (χ3v) is 7.33. The van der Waals surface area contributed by atoms with Crippen LogP contribution in [0.3, 0.4) is 0 Å². The molecule has 5 aromatic carbocycles. The minimum Gasteiger partial charge on any atom is -0.0648 e. The van der Waals surface area contributed by atoms with Crippen LogP contribution in [0.1, 0.15) is 58.1 Å². The van der Waals surface area contributed by atoms with E-state index in [0.717, 1.165) is 6.42 Å². The summed E-state index contributed by atoms with van der Waals surface area (Å²) < 4.78 is 0. The molecule has 0 radical (unpaired) electrons. The van der Waals surface area contributed by atoms with Gasteiger partial charge in [0.15, 0.2) is 0 Å². The van der Waals surface area contributed by atoms with Crippen LogP contribution in [0.5, 0.6) is 0 Å². The highest BCUT2D eigenvalue weighted by Gasteiger charge is 2.19. The largest absolute Gasteiger partial charge is 0.0648 e. The van der Waals surface area contributed by atoms with Crippen LogP contribution in [-0.4, -0.2) is 0 Å². The maximum Gasteiger partial charge on any atom is -0.00263 e. The molecule has 1 unspecified atom stereocenters. The second-order valence-corrected chi connectivity index (χ2v) is 10.6. The summed E-state index contributed by atoms with van der Waals surface area (Å²) in [5.41, 5.74) is 8.13. The highest BCUT2D eigenvalue weighted by molar-refractivity contribution is 6.21. The third-order valence-electron chi connectivity index (χ3n) is 7.33. The topological polar surface area (TPSA) is 0 Å². The van der Waals surface area contributed by atoms with Crippen molar-refractivity contribution in [1.82, 2.24) is 0 Å². The van der Waals surface area contributed by atoms with E-state index < -0.39 is 0 Å². The molecule has 0 fully saturated rings. The summed E-state index contributed by atoms with van der Waals surface area (Å²) in [6.45, 7) is 11.4. The van der Waals surface area contributed by atoms with E-state index in [-0.39, 0.29) is 5.41 Å². The van der Waals surface area contributed by atoms with Crippen LogP contribution in [0, 0.1) is 0 Å². The summed E-state index contributed by atoms with van der Waals surface area (Å²) in [5, 5.41) is 5.25. The van der Waals surface area contributed by atoms with Gasteiger partial charge in [-0.1, -0.05) is 132 Å². The molecule has 1 atom stereocenters. The SMILES string of the molecule is CCC(C)c1ccc(-c2c3ccccc3c(-c3cccc(C(C)(C)C)c3)c3ccccc23)cc1. The average molecular weight is 443 g/mol. The van der Waals surface area contributed by atoms with Gasteiger partial charge in [0.1, 0.15) is 0 Å². The number of hydrogen-bond donors (Lipinski definition) is 0. The molecule has 0 heteroatoms. The Morgan fingerprint density at radius 3 is 1.56 bits per heavy atom. The van der Waals surface area contributed by atoms with Crippen molar-refractivity contribution in [2.45, 2.75) is 52.4 Å². The fourth-order valence-electron chi connectivity index (χ4n) is 5.11. The molecule has 0 amide bonds. The summed E-state index contributed by atoms with van der Waals surface area (Å²) in [5.74, 6) is 0.583. The maximum absolute atomic E-state index is 2.38. The minimum absolute atomic E-state index is 0.110. The van der Waals surface area contributed by atoms with Gasteiger partial charge in [-0.3, -0.25) is 0 Å². The predicted molar refractivity (Wildman–Crippen MR) is 150 cm³/mol. The number of rotatable bonds is 4. The van der Waals surface area contributed by atoms with Crippen LogP contribution in [0.4, 0.5) is 0 Å². The Kier molecular flexibility index (Phi) is 5.78. The zero-order valence-electron chi connectivity index (χ0n) is 21.0. The van der Waals surface area contributed by atoms with Crippen molar-refractivity contribution in [2.75, 3.05) is 0 Å². The van der Waals surface area contributed by atoms with E-state index in [1.54, 1.807) is 0 Å². The smallest absolute Gasteiger partial charge is 0.00263 e. The Balaban J connectivity index is 1.83. The molecular weight excluding hydrogens is 408 g/mol. The Morgan fingerprint density at radius 2 is 1.09 bits per heavy atom. The Labute approximate surface area is 204 Å². The third kappa shape index (κ3) is 3.92. The van der Waals surface area contributed by atoms with E-state index in [9.17, 15) is 0 Å². The van der Waals surface area contributed by atoms with Crippen LogP contribution < -0.4 is 0 Å². The Morgan fingerprint density at radius 1 is 0.588 bits per heavy atom. The lowest BCUT2D eigenvalue weighted by Crippen LogP contribution is -2.10. The van der Waals surface area contributed by atoms with Crippen LogP contribution >= 0.6 is 0 Å². The zero-order chi connectivity index (χ0) is 23.9. The zero-order valence-corrected chi connectivity index (χ0v) is 21.0. The standard InChI is InChI=1S/C34H34/c1-6-23(2)24-18-20-25(21-19-24)32-28-14-7-9-16-30(28)33(31-17-10-8-15-29(31)32)26-12-11-13-27(22-26)34(3,4)5/h7-23H,6H2,1-5H3. The van der Waals surface area contributed by atoms with Gasteiger partial charge in [-0.05, 0) is 72.7 Å². The lowest BCUT2D eigenvalue weighted by atomic mass is 9.82. The van der Waals surface area contributed by atoms with Gasteiger partial charge in [0.05, 0.1) is 0 Å². The first-order valence-corrected chi connectivity index (χ1v) is 12.5. The van der Waals surface area contributed by atoms with Crippen molar-refractivity contribution in [3.05, 3.63) is 108 Å². The molecule has 34 heavy (non-hydrogen) atoms. The van der Waals surface area contributed by atoms with Crippen LogP contribution in [0.25, 0.3) is 43.8 Å². The monoisotopic (exact) mass is 442 g/mol. The summed E-state index contributed by atoms with van der Waals surface area (Å²) in [4.78, 5) is 0. The number of fused-ring (bicyclic) bond motifs is 2. The van der Waals surface area contributed by atoms with E-state index in [4.69, 9.17) is 0 Å². The van der Waals surface area contributed by atoms with Gasteiger partial charge in [0.25, 0.3) is 0 Å². The van der Waals surface area contributed by atoms with Gasteiger partial charge < -0.3 is 0 Å². The van der Waals surface area contributed by atoms with Gasteiger partial charge in [0.2, 0.25) is 0 Å². The number of benzene rings is 5. The molecule has 0 nitrogen and oxygen atoms in total.